The first kappa shape index (κ1) is 13.8. The van der Waals surface area contributed by atoms with E-state index in [9.17, 15) is 0 Å². The molecule has 0 amide bonds. The number of thiophene rings is 1. The van der Waals surface area contributed by atoms with Crippen molar-refractivity contribution in [1.82, 2.24) is 9.97 Å². The van der Waals surface area contributed by atoms with E-state index in [1.165, 1.54) is 11.1 Å². The Kier molecular flexibility index (Phi) is 4.37. The molecule has 2 heterocycles. The molecule has 0 aliphatic heterocycles. The van der Waals surface area contributed by atoms with Gasteiger partial charge in [0.15, 0.2) is 0 Å². The number of nitrogens with zero attached hydrogens (tertiary/aromatic N) is 2. The molecule has 0 aliphatic rings. The fourth-order valence-electron chi connectivity index (χ4n) is 1.70. The van der Waals surface area contributed by atoms with E-state index in [0.717, 1.165) is 24.0 Å². The predicted molar refractivity (Wildman–Crippen MR) is 82.1 cm³/mol. The third-order valence-corrected chi connectivity index (χ3v) is 3.85. The van der Waals surface area contributed by atoms with Crippen LogP contribution in [0.1, 0.15) is 36.7 Å². The SMILES string of the molecule is CNc1cc(NCc2cscc2C)nc(C(C)C)n1. The molecule has 0 spiro atoms. The maximum absolute atomic E-state index is 4.55. The van der Waals surface area contributed by atoms with Gasteiger partial charge in [-0.05, 0) is 28.8 Å². The monoisotopic (exact) mass is 276 g/mol. The highest BCUT2D eigenvalue weighted by molar-refractivity contribution is 7.08. The van der Waals surface area contributed by atoms with Gasteiger partial charge in [-0.25, -0.2) is 9.97 Å². The lowest BCUT2D eigenvalue weighted by atomic mass is 10.2. The van der Waals surface area contributed by atoms with Crippen molar-refractivity contribution in [2.45, 2.75) is 33.2 Å². The van der Waals surface area contributed by atoms with Gasteiger partial charge in [-0.3, -0.25) is 0 Å². The first-order valence-corrected chi connectivity index (χ1v) is 7.36. The second-order valence-corrected chi connectivity index (χ2v) is 5.58. The highest BCUT2D eigenvalue weighted by atomic mass is 32.1. The molecule has 102 valence electrons. The lowest BCUT2D eigenvalue weighted by molar-refractivity contribution is 0.776. The third-order valence-electron chi connectivity index (χ3n) is 2.94. The summed E-state index contributed by atoms with van der Waals surface area (Å²) in [5.41, 5.74) is 2.64. The summed E-state index contributed by atoms with van der Waals surface area (Å²) >= 11 is 1.73. The van der Waals surface area contributed by atoms with E-state index in [0.29, 0.717) is 5.92 Å². The molecule has 0 fully saturated rings. The zero-order valence-electron chi connectivity index (χ0n) is 11.8. The number of anilines is 2. The first-order valence-electron chi connectivity index (χ1n) is 6.42. The largest absolute Gasteiger partial charge is 0.373 e. The van der Waals surface area contributed by atoms with Crippen LogP contribution in [0.25, 0.3) is 0 Å². The minimum Gasteiger partial charge on any atom is -0.373 e. The quantitative estimate of drug-likeness (QED) is 0.875. The molecule has 0 aromatic carbocycles. The lowest BCUT2D eigenvalue weighted by Gasteiger charge is -2.11. The van der Waals surface area contributed by atoms with Crippen LogP contribution in [0, 0.1) is 6.92 Å². The van der Waals surface area contributed by atoms with Crippen LogP contribution in [0.15, 0.2) is 16.8 Å². The van der Waals surface area contributed by atoms with Gasteiger partial charge in [0.05, 0.1) is 0 Å². The standard InChI is InChI=1S/C14H20N4S/c1-9(2)14-17-12(15-4)5-13(18-14)16-6-11-8-19-7-10(11)3/h5,7-9H,6H2,1-4H3,(H2,15,16,17,18). The van der Waals surface area contributed by atoms with Gasteiger partial charge < -0.3 is 10.6 Å². The number of hydrogen-bond donors (Lipinski definition) is 2. The Morgan fingerprint density at radius 3 is 2.53 bits per heavy atom. The maximum Gasteiger partial charge on any atom is 0.135 e. The number of rotatable bonds is 5. The maximum atomic E-state index is 4.55. The number of nitrogens with one attached hydrogen (secondary N) is 2. The Balaban J connectivity index is 2.15. The second kappa shape index (κ2) is 6.02. The van der Waals surface area contributed by atoms with Gasteiger partial charge in [0.25, 0.3) is 0 Å². The molecule has 0 radical (unpaired) electrons. The van der Waals surface area contributed by atoms with E-state index >= 15 is 0 Å². The molecule has 2 N–H and O–H groups in total. The Morgan fingerprint density at radius 1 is 1.21 bits per heavy atom. The smallest absolute Gasteiger partial charge is 0.135 e. The summed E-state index contributed by atoms with van der Waals surface area (Å²) < 4.78 is 0. The van der Waals surface area contributed by atoms with Crippen LogP contribution in [0.2, 0.25) is 0 Å². The minimum atomic E-state index is 0.316. The van der Waals surface area contributed by atoms with Gasteiger partial charge >= 0.3 is 0 Å². The van der Waals surface area contributed by atoms with Crippen LogP contribution in [0.5, 0.6) is 0 Å². The van der Waals surface area contributed by atoms with Crippen molar-refractivity contribution in [2.24, 2.45) is 0 Å². The van der Waals surface area contributed by atoms with E-state index in [4.69, 9.17) is 0 Å². The molecule has 5 heteroatoms. The average Bonchev–Trinajstić information content (AvgIpc) is 2.81. The minimum absolute atomic E-state index is 0.316. The van der Waals surface area contributed by atoms with Gasteiger partial charge in [0, 0.05) is 25.6 Å². The highest BCUT2D eigenvalue weighted by Crippen LogP contribution is 2.19. The zero-order valence-corrected chi connectivity index (χ0v) is 12.6. The second-order valence-electron chi connectivity index (χ2n) is 4.83. The third kappa shape index (κ3) is 3.44. The van der Waals surface area contributed by atoms with Crippen molar-refractivity contribution in [3.05, 3.63) is 33.8 Å². The zero-order chi connectivity index (χ0) is 13.8. The summed E-state index contributed by atoms with van der Waals surface area (Å²) in [6.45, 7) is 7.13. The highest BCUT2D eigenvalue weighted by Gasteiger charge is 2.08. The lowest BCUT2D eigenvalue weighted by Crippen LogP contribution is -2.07. The van der Waals surface area contributed by atoms with Crippen molar-refractivity contribution in [3.8, 4) is 0 Å². The van der Waals surface area contributed by atoms with Crippen molar-refractivity contribution in [1.29, 1.82) is 0 Å². The number of hydrogen-bond acceptors (Lipinski definition) is 5. The number of aryl methyl sites for hydroxylation is 1. The first-order chi connectivity index (χ1) is 9.10. The van der Waals surface area contributed by atoms with Crippen molar-refractivity contribution >= 4 is 23.0 Å². The van der Waals surface area contributed by atoms with Gasteiger partial charge in [-0.15, -0.1) is 0 Å². The molecule has 0 aliphatic carbocycles. The Hall–Kier alpha value is -1.62. The van der Waals surface area contributed by atoms with Crippen molar-refractivity contribution in [3.63, 3.8) is 0 Å². The Bertz CT molecular complexity index is 548. The topological polar surface area (TPSA) is 49.8 Å². The van der Waals surface area contributed by atoms with Crippen LogP contribution < -0.4 is 10.6 Å². The van der Waals surface area contributed by atoms with Gasteiger partial charge in [-0.1, -0.05) is 13.8 Å². The molecule has 2 aromatic rings. The van der Waals surface area contributed by atoms with Crippen molar-refractivity contribution in [2.75, 3.05) is 17.7 Å². The molecule has 0 unspecified atom stereocenters. The van der Waals surface area contributed by atoms with Gasteiger partial charge in [0.1, 0.15) is 17.5 Å². The molecule has 19 heavy (non-hydrogen) atoms. The average molecular weight is 276 g/mol. The molecule has 0 saturated carbocycles. The van der Waals surface area contributed by atoms with E-state index in [2.05, 4.69) is 52.1 Å². The Labute approximate surface area is 118 Å². The van der Waals surface area contributed by atoms with Crippen LogP contribution in [-0.2, 0) is 6.54 Å². The van der Waals surface area contributed by atoms with Crippen LogP contribution in [-0.4, -0.2) is 17.0 Å². The molecule has 0 saturated heterocycles. The number of aromatic nitrogens is 2. The Morgan fingerprint density at radius 2 is 1.95 bits per heavy atom. The fourth-order valence-corrected chi connectivity index (χ4v) is 2.55. The van der Waals surface area contributed by atoms with Gasteiger partial charge in [-0.2, -0.15) is 11.3 Å². The van der Waals surface area contributed by atoms with E-state index in [1.807, 2.05) is 13.1 Å². The summed E-state index contributed by atoms with van der Waals surface area (Å²) in [5.74, 6) is 2.89. The molecule has 2 aromatic heterocycles. The molecule has 4 nitrogen and oxygen atoms in total. The van der Waals surface area contributed by atoms with Crippen LogP contribution in [0.3, 0.4) is 0 Å². The molecular weight excluding hydrogens is 256 g/mol. The molecular formula is C14H20N4S. The molecule has 0 bridgehead atoms. The van der Waals surface area contributed by atoms with Gasteiger partial charge in [0.2, 0.25) is 0 Å². The summed E-state index contributed by atoms with van der Waals surface area (Å²) in [5, 5.41) is 10.8. The van der Waals surface area contributed by atoms with E-state index in [-0.39, 0.29) is 0 Å². The predicted octanol–water partition coefficient (Wildman–Crippen LogP) is 3.62. The molecule has 0 atom stereocenters. The van der Waals surface area contributed by atoms with Crippen LogP contribution in [0.4, 0.5) is 11.6 Å². The summed E-state index contributed by atoms with van der Waals surface area (Å²) in [6.07, 6.45) is 0. The molecule has 2 rings (SSSR count). The fraction of sp³-hybridized carbons (Fsp3) is 0.429. The summed E-state index contributed by atoms with van der Waals surface area (Å²) in [7, 11) is 1.87. The van der Waals surface area contributed by atoms with Crippen LogP contribution >= 0.6 is 11.3 Å². The van der Waals surface area contributed by atoms with Crippen molar-refractivity contribution < 1.29 is 0 Å². The summed E-state index contributed by atoms with van der Waals surface area (Å²) in [4.78, 5) is 9.00. The summed E-state index contributed by atoms with van der Waals surface area (Å²) in [6, 6.07) is 1.94. The normalized spacial score (nSPS) is 10.8. The van der Waals surface area contributed by atoms with E-state index < -0.39 is 0 Å². The van der Waals surface area contributed by atoms with E-state index in [1.54, 1.807) is 11.3 Å².